The third-order valence-electron chi connectivity index (χ3n) is 3.64. The van der Waals surface area contributed by atoms with E-state index in [9.17, 15) is 18.0 Å². The Kier molecular flexibility index (Phi) is 6.13. The maximum Gasteiger partial charge on any atom is 0.433 e. The molecule has 0 aromatic carbocycles. The van der Waals surface area contributed by atoms with Crippen LogP contribution >= 0.6 is 12.4 Å². The summed E-state index contributed by atoms with van der Waals surface area (Å²) in [5, 5.41) is 2.57. The van der Waals surface area contributed by atoms with Gasteiger partial charge in [0.05, 0.1) is 0 Å². The molecule has 0 aliphatic heterocycles. The van der Waals surface area contributed by atoms with Gasteiger partial charge in [-0.2, -0.15) is 13.2 Å². The molecule has 1 aromatic rings. The Morgan fingerprint density at radius 3 is 2.50 bits per heavy atom. The summed E-state index contributed by atoms with van der Waals surface area (Å²) in [6.07, 6.45) is 0.840. The number of nitrogens with one attached hydrogen (secondary N) is 1. The molecule has 0 spiro atoms. The molecule has 0 radical (unpaired) electrons. The zero-order chi connectivity index (χ0) is 15.5. The van der Waals surface area contributed by atoms with Crippen LogP contribution in [0.25, 0.3) is 0 Å². The van der Waals surface area contributed by atoms with Crippen molar-refractivity contribution in [2.75, 3.05) is 6.54 Å². The van der Waals surface area contributed by atoms with E-state index in [0.717, 1.165) is 38.4 Å². The second kappa shape index (κ2) is 7.23. The number of amides is 1. The Morgan fingerprint density at radius 1 is 1.27 bits per heavy atom. The quantitative estimate of drug-likeness (QED) is 0.886. The summed E-state index contributed by atoms with van der Waals surface area (Å²) in [6, 6.07) is 0.638. The number of nitrogens with two attached hydrogens (primary N) is 1. The van der Waals surface area contributed by atoms with Gasteiger partial charge in [0.25, 0.3) is 5.91 Å². The highest BCUT2D eigenvalue weighted by molar-refractivity contribution is 5.92. The van der Waals surface area contributed by atoms with Gasteiger partial charge in [0.2, 0.25) is 0 Å². The lowest BCUT2D eigenvalue weighted by molar-refractivity contribution is -0.141. The fourth-order valence-electron chi connectivity index (χ4n) is 2.42. The first kappa shape index (κ1) is 18.6. The predicted octanol–water partition coefficient (Wildman–Crippen LogP) is 2.31. The number of hydrogen-bond donors (Lipinski definition) is 2. The van der Waals surface area contributed by atoms with Gasteiger partial charge in [-0.05, 0) is 12.8 Å². The van der Waals surface area contributed by atoms with E-state index in [1.165, 1.54) is 0 Å². The number of halogens is 4. The van der Waals surface area contributed by atoms with Crippen molar-refractivity contribution in [3.8, 4) is 0 Å². The van der Waals surface area contributed by atoms with Crippen LogP contribution in [-0.2, 0) is 6.18 Å². The molecule has 9 heteroatoms. The lowest BCUT2D eigenvalue weighted by Gasteiger charge is -2.33. The van der Waals surface area contributed by atoms with Crippen LogP contribution in [0.2, 0.25) is 0 Å². The third kappa shape index (κ3) is 4.81. The van der Waals surface area contributed by atoms with Gasteiger partial charge in [-0.1, -0.05) is 19.3 Å². The predicted molar refractivity (Wildman–Crippen MR) is 76.6 cm³/mol. The zero-order valence-electron chi connectivity index (χ0n) is 11.8. The van der Waals surface area contributed by atoms with Gasteiger partial charge in [0.15, 0.2) is 0 Å². The largest absolute Gasteiger partial charge is 0.433 e. The van der Waals surface area contributed by atoms with E-state index >= 15 is 0 Å². The fraction of sp³-hybridized carbons (Fsp3) is 0.615. The molecule has 2 rings (SSSR count). The summed E-state index contributed by atoms with van der Waals surface area (Å²) in [5.74, 6) is -0.668. The zero-order valence-corrected chi connectivity index (χ0v) is 12.6. The molecule has 22 heavy (non-hydrogen) atoms. The van der Waals surface area contributed by atoms with Gasteiger partial charge in [0.1, 0.15) is 17.7 Å². The average Bonchev–Trinajstić information content (AvgIpc) is 2.45. The third-order valence-corrected chi connectivity index (χ3v) is 3.64. The second-order valence-corrected chi connectivity index (χ2v) is 5.39. The van der Waals surface area contributed by atoms with Crippen LogP contribution in [0.15, 0.2) is 12.4 Å². The molecule has 1 fully saturated rings. The molecule has 1 heterocycles. The highest BCUT2D eigenvalue weighted by atomic mass is 35.5. The van der Waals surface area contributed by atoms with Gasteiger partial charge in [-0.15, -0.1) is 12.4 Å². The summed E-state index contributed by atoms with van der Waals surface area (Å²) < 4.78 is 37.6. The Bertz CT molecular complexity index is 518. The molecule has 0 unspecified atom stereocenters. The summed E-state index contributed by atoms with van der Waals surface area (Å²) in [4.78, 5) is 18.6. The maximum atomic E-state index is 12.5. The van der Waals surface area contributed by atoms with Crippen LogP contribution in [0.3, 0.4) is 0 Å². The number of rotatable bonds is 3. The van der Waals surface area contributed by atoms with Gasteiger partial charge in [-0.25, -0.2) is 9.97 Å². The first-order valence-electron chi connectivity index (χ1n) is 6.76. The molecule has 0 atom stereocenters. The Hall–Kier alpha value is -1.41. The summed E-state index contributed by atoms with van der Waals surface area (Å²) in [6.45, 7) is 0.233. The van der Waals surface area contributed by atoms with Crippen molar-refractivity contribution in [1.29, 1.82) is 0 Å². The van der Waals surface area contributed by atoms with Crippen molar-refractivity contribution < 1.29 is 18.0 Å². The first-order valence-corrected chi connectivity index (χ1v) is 6.76. The van der Waals surface area contributed by atoms with Crippen LogP contribution in [0, 0.1) is 0 Å². The standard InChI is InChI=1S/C13H17F3N4O.ClH/c14-13(15,16)10-6-9(19-8-20-10)11(21)18-7-12(17)4-2-1-3-5-12;/h6,8H,1-5,7,17H2,(H,18,21);1H. The van der Waals surface area contributed by atoms with Crippen LogP contribution in [-0.4, -0.2) is 28.0 Å². The second-order valence-electron chi connectivity index (χ2n) is 5.39. The monoisotopic (exact) mass is 338 g/mol. The minimum atomic E-state index is -4.60. The molecule has 124 valence electrons. The molecule has 1 aromatic heterocycles. The van der Waals surface area contributed by atoms with Crippen molar-refractivity contribution in [3.05, 3.63) is 23.8 Å². The van der Waals surface area contributed by atoms with Gasteiger partial charge < -0.3 is 11.1 Å². The number of aromatic nitrogens is 2. The highest BCUT2D eigenvalue weighted by Crippen LogP contribution is 2.27. The van der Waals surface area contributed by atoms with Crippen LogP contribution in [0.1, 0.15) is 48.3 Å². The van der Waals surface area contributed by atoms with Crippen molar-refractivity contribution >= 4 is 18.3 Å². The number of alkyl halides is 3. The van der Waals surface area contributed by atoms with E-state index in [2.05, 4.69) is 15.3 Å². The highest BCUT2D eigenvalue weighted by Gasteiger charge is 2.33. The fourth-order valence-corrected chi connectivity index (χ4v) is 2.42. The van der Waals surface area contributed by atoms with Crippen molar-refractivity contribution in [1.82, 2.24) is 15.3 Å². The lowest BCUT2D eigenvalue weighted by atomic mass is 9.82. The molecule has 1 amide bonds. The molecular formula is C13H18ClF3N4O. The normalized spacial score (nSPS) is 17.5. The smallest absolute Gasteiger partial charge is 0.349 e. The molecule has 1 saturated carbocycles. The number of carbonyl (C=O) groups is 1. The average molecular weight is 339 g/mol. The first-order chi connectivity index (χ1) is 9.80. The van der Waals surface area contributed by atoms with Crippen molar-refractivity contribution in [2.24, 2.45) is 5.73 Å². The Labute approximate surface area is 132 Å². The SMILES string of the molecule is Cl.NC1(CNC(=O)c2cc(C(F)(F)F)ncn2)CCCCC1. The van der Waals surface area contributed by atoms with Gasteiger partial charge >= 0.3 is 6.18 Å². The van der Waals surface area contributed by atoms with Crippen LogP contribution in [0.4, 0.5) is 13.2 Å². The van der Waals surface area contributed by atoms with E-state index in [1.54, 1.807) is 0 Å². The van der Waals surface area contributed by atoms with E-state index in [4.69, 9.17) is 5.73 Å². The Balaban J connectivity index is 0.00000242. The number of nitrogens with zero attached hydrogens (tertiary/aromatic N) is 2. The number of hydrogen-bond acceptors (Lipinski definition) is 4. The molecule has 3 N–H and O–H groups in total. The molecular weight excluding hydrogens is 321 g/mol. The minimum Gasteiger partial charge on any atom is -0.349 e. The molecule has 1 aliphatic rings. The molecule has 5 nitrogen and oxygen atoms in total. The van der Waals surface area contributed by atoms with E-state index in [1.807, 2.05) is 0 Å². The Morgan fingerprint density at radius 2 is 1.91 bits per heavy atom. The van der Waals surface area contributed by atoms with E-state index in [-0.39, 0.29) is 24.6 Å². The summed E-state index contributed by atoms with van der Waals surface area (Å²) in [5.41, 5.74) is 4.23. The van der Waals surface area contributed by atoms with Crippen molar-refractivity contribution in [2.45, 2.75) is 43.8 Å². The maximum absolute atomic E-state index is 12.5. The van der Waals surface area contributed by atoms with Crippen LogP contribution in [0.5, 0.6) is 0 Å². The molecule has 0 saturated heterocycles. The van der Waals surface area contributed by atoms with Gasteiger partial charge in [-0.3, -0.25) is 4.79 Å². The summed E-state index contributed by atoms with van der Waals surface area (Å²) >= 11 is 0. The van der Waals surface area contributed by atoms with Crippen LogP contribution < -0.4 is 11.1 Å². The van der Waals surface area contributed by atoms with E-state index < -0.39 is 23.3 Å². The lowest BCUT2D eigenvalue weighted by Crippen LogP contribution is -2.51. The molecule has 0 bridgehead atoms. The topological polar surface area (TPSA) is 80.9 Å². The molecule has 1 aliphatic carbocycles. The number of carbonyl (C=O) groups excluding carboxylic acids is 1. The van der Waals surface area contributed by atoms with E-state index in [0.29, 0.717) is 6.07 Å². The van der Waals surface area contributed by atoms with Gasteiger partial charge in [0, 0.05) is 18.2 Å². The van der Waals surface area contributed by atoms with Crippen molar-refractivity contribution in [3.63, 3.8) is 0 Å². The summed E-state index contributed by atoms with van der Waals surface area (Å²) in [7, 11) is 0. The minimum absolute atomic E-state index is 0.